The lowest BCUT2D eigenvalue weighted by Crippen LogP contribution is -2.11. The molecule has 2 heterocycles. The molecule has 0 spiro atoms. The maximum absolute atomic E-state index is 11.9. The molecule has 1 amide bonds. The SMILES string of the molecule is Cc1cc(C(=O)Nc2ccc(Cn3cncn3)cc2)on1. The van der Waals surface area contributed by atoms with Gasteiger partial charge < -0.3 is 9.84 Å². The van der Waals surface area contributed by atoms with Gasteiger partial charge in [-0.05, 0) is 24.6 Å². The second kappa shape index (κ2) is 5.58. The molecule has 3 rings (SSSR count). The lowest BCUT2D eigenvalue weighted by molar-refractivity contribution is 0.0988. The van der Waals surface area contributed by atoms with Crippen LogP contribution in [0.25, 0.3) is 0 Å². The van der Waals surface area contributed by atoms with Gasteiger partial charge in [-0.1, -0.05) is 17.3 Å². The van der Waals surface area contributed by atoms with Crippen LogP contribution in [0.15, 0.2) is 47.5 Å². The Morgan fingerprint density at radius 3 is 2.76 bits per heavy atom. The maximum atomic E-state index is 11.9. The number of benzene rings is 1. The Morgan fingerprint density at radius 1 is 1.33 bits per heavy atom. The number of hydrogen-bond acceptors (Lipinski definition) is 5. The highest BCUT2D eigenvalue weighted by atomic mass is 16.5. The van der Waals surface area contributed by atoms with Crippen molar-refractivity contribution in [1.29, 1.82) is 0 Å². The van der Waals surface area contributed by atoms with Gasteiger partial charge in [0.2, 0.25) is 5.76 Å². The molecular formula is C14H13N5O2. The van der Waals surface area contributed by atoms with E-state index in [0.717, 1.165) is 5.56 Å². The second-order valence-corrected chi connectivity index (χ2v) is 4.58. The van der Waals surface area contributed by atoms with Crippen molar-refractivity contribution in [2.75, 3.05) is 5.32 Å². The summed E-state index contributed by atoms with van der Waals surface area (Å²) in [5.74, 6) is -0.126. The molecule has 0 saturated carbocycles. The van der Waals surface area contributed by atoms with Crippen molar-refractivity contribution in [2.45, 2.75) is 13.5 Å². The zero-order chi connectivity index (χ0) is 14.7. The number of hydrogen-bond donors (Lipinski definition) is 1. The topological polar surface area (TPSA) is 85.8 Å². The predicted octanol–water partition coefficient (Wildman–Crippen LogP) is 1.88. The summed E-state index contributed by atoms with van der Waals surface area (Å²) in [6, 6.07) is 9.08. The maximum Gasteiger partial charge on any atom is 0.294 e. The van der Waals surface area contributed by atoms with Gasteiger partial charge in [0.25, 0.3) is 5.91 Å². The molecule has 0 atom stereocenters. The Hall–Kier alpha value is -2.96. The minimum atomic E-state index is -0.320. The number of carbonyl (C=O) groups is 1. The number of anilines is 1. The molecule has 21 heavy (non-hydrogen) atoms. The lowest BCUT2D eigenvalue weighted by atomic mass is 10.2. The van der Waals surface area contributed by atoms with E-state index in [9.17, 15) is 4.79 Å². The molecule has 0 bridgehead atoms. The smallest absolute Gasteiger partial charge is 0.294 e. The van der Waals surface area contributed by atoms with Crippen LogP contribution in [-0.2, 0) is 6.54 Å². The molecule has 1 aromatic carbocycles. The molecule has 1 N–H and O–H groups in total. The Bertz CT molecular complexity index is 731. The van der Waals surface area contributed by atoms with Gasteiger partial charge in [-0.15, -0.1) is 0 Å². The van der Waals surface area contributed by atoms with E-state index < -0.39 is 0 Å². The highest BCUT2D eigenvalue weighted by molar-refractivity contribution is 6.02. The Labute approximate surface area is 120 Å². The average molecular weight is 283 g/mol. The van der Waals surface area contributed by atoms with E-state index in [0.29, 0.717) is 17.9 Å². The van der Waals surface area contributed by atoms with Gasteiger partial charge in [-0.3, -0.25) is 4.79 Å². The first-order valence-corrected chi connectivity index (χ1v) is 6.37. The number of aryl methyl sites for hydroxylation is 1. The first-order valence-electron chi connectivity index (χ1n) is 6.37. The predicted molar refractivity (Wildman–Crippen MR) is 74.8 cm³/mol. The van der Waals surface area contributed by atoms with E-state index in [1.807, 2.05) is 24.3 Å². The molecule has 2 aromatic heterocycles. The quantitative estimate of drug-likeness (QED) is 0.790. The summed E-state index contributed by atoms with van der Waals surface area (Å²) < 4.78 is 6.64. The van der Waals surface area contributed by atoms with Crippen LogP contribution in [0.2, 0.25) is 0 Å². The van der Waals surface area contributed by atoms with Gasteiger partial charge in [0, 0.05) is 11.8 Å². The molecule has 7 nitrogen and oxygen atoms in total. The Balaban J connectivity index is 1.65. The van der Waals surface area contributed by atoms with E-state index in [1.165, 1.54) is 6.33 Å². The molecule has 3 aromatic rings. The second-order valence-electron chi connectivity index (χ2n) is 4.58. The van der Waals surface area contributed by atoms with Crippen molar-refractivity contribution in [3.8, 4) is 0 Å². The summed E-state index contributed by atoms with van der Waals surface area (Å²) in [6.45, 7) is 2.40. The number of amides is 1. The third kappa shape index (κ3) is 3.14. The highest BCUT2D eigenvalue weighted by Crippen LogP contribution is 2.12. The molecular weight excluding hydrogens is 270 g/mol. The van der Waals surface area contributed by atoms with Crippen molar-refractivity contribution in [3.63, 3.8) is 0 Å². The largest absolute Gasteiger partial charge is 0.351 e. The van der Waals surface area contributed by atoms with E-state index in [1.54, 1.807) is 24.0 Å². The molecule has 0 saturated heterocycles. The fourth-order valence-electron chi connectivity index (χ4n) is 1.86. The van der Waals surface area contributed by atoms with Crippen LogP contribution in [0.5, 0.6) is 0 Å². The minimum Gasteiger partial charge on any atom is -0.351 e. The average Bonchev–Trinajstić information content (AvgIpc) is 3.12. The third-order valence-corrected chi connectivity index (χ3v) is 2.87. The summed E-state index contributed by atoms with van der Waals surface area (Å²) in [4.78, 5) is 15.8. The Kier molecular flexibility index (Phi) is 3.46. The zero-order valence-electron chi connectivity index (χ0n) is 11.4. The van der Waals surface area contributed by atoms with Crippen molar-refractivity contribution in [1.82, 2.24) is 19.9 Å². The standard InChI is InChI=1S/C14H13N5O2/c1-10-6-13(21-18-10)14(20)17-12-4-2-11(3-5-12)7-19-9-15-8-16-19/h2-6,8-9H,7H2,1H3,(H,17,20). The van der Waals surface area contributed by atoms with Gasteiger partial charge in [-0.25, -0.2) is 9.67 Å². The van der Waals surface area contributed by atoms with Gasteiger partial charge in [0.15, 0.2) is 0 Å². The lowest BCUT2D eigenvalue weighted by Gasteiger charge is -2.05. The number of aromatic nitrogens is 4. The van der Waals surface area contributed by atoms with E-state index in [-0.39, 0.29) is 11.7 Å². The van der Waals surface area contributed by atoms with Crippen LogP contribution in [0.4, 0.5) is 5.69 Å². The molecule has 0 radical (unpaired) electrons. The van der Waals surface area contributed by atoms with E-state index >= 15 is 0 Å². The van der Waals surface area contributed by atoms with Crippen molar-refractivity contribution < 1.29 is 9.32 Å². The molecule has 7 heteroatoms. The van der Waals surface area contributed by atoms with Crippen LogP contribution < -0.4 is 5.32 Å². The molecule has 0 aliphatic rings. The third-order valence-electron chi connectivity index (χ3n) is 2.87. The van der Waals surface area contributed by atoms with E-state index in [2.05, 4.69) is 20.6 Å². The van der Waals surface area contributed by atoms with Crippen molar-refractivity contribution in [3.05, 3.63) is 60.0 Å². The van der Waals surface area contributed by atoms with Crippen molar-refractivity contribution >= 4 is 11.6 Å². The number of nitrogens with one attached hydrogen (secondary N) is 1. The fraction of sp³-hybridized carbons (Fsp3) is 0.143. The first kappa shape index (κ1) is 13.0. The summed E-state index contributed by atoms with van der Waals surface area (Å²) in [5, 5.41) is 10.5. The molecule has 0 aliphatic carbocycles. The number of nitrogens with zero attached hydrogens (tertiary/aromatic N) is 4. The van der Waals surface area contributed by atoms with Gasteiger partial charge >= 0.3 is 0 Å². The minimum absolute atomic E-state index is 0.194. The Morgan fingerprint density at radius 2 is 2.14 bits per heavy atom. The van der Waals surface area contributed by atoms with Crippen LogP contribution >= 0.6 is 0 Å². The fourth-order valence-corrected chi connectivity index (χ4v) is 1.86. The van der Waals surface area contributed by atoms with Crippen LogP contribution in [0.1, 0.15) is 21.8 Å². The van der Waals surface area contributed by atoms with Crippen LogP contribution in [0.3, 0.4) is 0 Å². The van der Waals surface area contributed by atoms with E-state index in [4.69, 9.17) is 4.52 Å². The summed E-state index contributed by atoms with van der Waals surface area (Å²) in [5.41, 5.74) is 2.42. The normalized spacial score (nSPS) is 10.5. The zero-order valence-corrected chi connectivity index (χ0v) is 11.4. The number of carbonyl (C=O) groups excluding carboxylic acids is 1. The van der Waals surface area contributed by atoms with Gasteiger partial charge in [0.05, 0.1) is 12.2 Å². The molecule has 0 fully saturated rings. The molecule has 106 valence electrons. The first-order chi connectivity index (χ1) is 10.2. The monoisotopic (exact) mass is 283 g/mol. The highest BCUT2D eigenvalue weighted by Gasteiger charge is 2.11. The van der Waals surface area contributed by atoms with Crippen LogP contribution in [-0.4, -0.2) is 25.8 Å². The van der Waals surface area contributed by atoms with Gasteiger partial charge in [0.1, 0.15) is 12.7 Å². The molecule has 0 unspecified atom stereocenters. The van der Waals surface area contributed by atoms with Gasteiger partial charge in [-0.2, -0.15) is 5.10 Å². The summed E-state index contributed by atoms with van der Waals surface area (Å²) in [7, 11) is 0. The van der Waals surface area contributed by atoms with Crippen LogP contribution in [0, 0.1) is 6.92 Å². The summed E-state index contributed by atoms with van der Waals surface area (Å²) >= 11 is 0. The number of rotatable bonds is 4. The molecule has 0 aliphatic heterocycles. The van der Waals surface area contributed by atoms with Crippen molar-refractivity contribution in [2.24, 2.45) is 0 Å². The summed E-state index contributed by atoms with van der Waals surface area (Å²) in [6.07, 6.45) is 3.15.